The van der Waals surface area contributed by atoms with Crippen molar-refractivity contribution in [2.24, 2.45) is 4.99 Å². The summed E-state index contributed by atoms with van der Waals surface area (Å²) in [5, 5.41) is 4.59. The molecule has 1 aliphatic rings. The van der Waals surface area contributed by atoms with E-state index in [0.717, 1.165) is 22.5 Å². The third-order valence-electron chi connectivity index (χ3n) is 4.25. The number of hydrogen-bond donors (Lipinski definition) is 0. The molecule has 2 aromatic heterocycles. The number of benzene rings is 1. The van der Waals surface area contributed by atoms with Gasteiger partial charge in [-0.25, -0.2) is 9.79 Å². The topological polar surface area (TPSA) is 69.6 Å². The summed E-state index contributed by atoms with van der Waals surface area (Å²) in [7, 11) is 0. The van der Waals surface area contributed by atoms with Crippen LogP contribution in [0.4, 0.5) is 0 Å². The van der Waals surface area contributed by atoms with E-state index in [2.05, 4.69) is 22.2 Å². The predicted molar refractivity (Wildman–Crippen MR) is 96.6 cm³/mol. The number of ether oxygens (including phenoxy) is 1. The van der Waals surface area contributed by atoms with Gasteiger partial charge >= 0.3 is 5.97 Å². The Morgan fingerprint density at radius 2 is 1.92 bits per heavy atom. The van der Waals surface area contributed by atoms with Crippen LogP contribution in [0, 0.1) is 13.8 Å². The summed E-state index contributed by atoms with van der Waals surface area (Å²) in [5.41, 5.74) is 4.07. The molecule has 0 saturated heterocycles. The number of aryl methyl sites for hydroxylation is 1. The summed E-state index contributed by atoms with van der Waals surface area (Å²) in [5.74, 6) is 0.110. The van der Waals surface area contributed by atoms with Crippen LogP contribution in [-0.4, -0.2) is 21.6 Å². The minimum atomic E-state index is -0.494. The van der Waals surface area contributed by atoms with Gasteiger partial charge in [-0.1, -0.05) is 30.3 Å². The van der Waals surface area contributed by atoms with E-state index >= 15 is 0 Å². The number of carbonyl (C=O) groups excluding carboxylic acids is 1. The summed E-state index contributed by atoms with van der Waals surface area (Å²) in [6.45, 7) is 4.56. The molecule has 0 unspecified atom stereocenters. The Balaban J connectivity index is 1.66. The van der Waals surface area contributed by atoms with Gasteiger partial charge in [-0.3, -0.25) is 4.68 Å². The predicted octanol–water partition coefficient (Wildman–Crippen LogP) is 3.49. The quantitative estimate of drug-likeness (QED) is 0.535. The number of rotatable bonds is 4. The van der Waals surface area contributed by atoms with E-state index in [1.54, 1.807) is 18.2 Å². The first kappa shape index (κ1) is 16.1. The highest BCUT2D eigenvalue weighted by Crippen LogP contribution is 2.23. The van der Waals surface area contributed by atoms with Gasteiger partial charge in [0, 0.05) is 11.3 Å². The molecular weight excluding hydrogens is 330 g/mol. The van der Waals surface area contributed by atoms with Crippen molar-refractivity contribution in [3.05, 3.63) is 82.7 Å². The Morgan fingerprint density at radius 3 is 2.65 bits per heavy atom. The molecule has 0 N–H and O–H groups in total. The zero-order valence-corrected chi connectivity index (χ0v) is 14.5. The van der Waals surface area contributed by atoms with Crippen molar-refractivity contribution in [3.63, 3.8) is 0 Å². The Bertz CT molecular complexity index is 1010. The molecule has 3 heterocycles. The van der Waals surface area contributed by atoms with Crippen molar-refractivity contribution in [1.29, 1.82) is 0 Å². The van der Waals surface area contributed by atoms with Crippen LogP contribution in [0.5, 0.6) is 0 Å². The van der Waals surface area contributed by atoms with E-state index in [9.17, 15) is 4.79 Å². The molecule has 1 aliphatic heterocycles. The number of furan rings is 1. The lowest BCUT2D eigenvalue weighted by Gasteiger charge is -2.04. The maximum Gasteiger partial charge on any atom is 0.363 e. The molecule has 0 aliphatic carbocycles. The number of nitrogens with zero attached hydrogens (tertiary/aromatic N) is 3. The lowest BCUT2D eigenvalue weighted by Crippen LogP contribution is -2.04. The van der Waals surface area contributed by atoms with Gasteiger partial charge < -0.3 is 9.15 Å². The van der Waals surface area contributed by atoms with E-state index in [4.69, 9.17) is 9.15 Å². The monoisotopic (exact) mass is 347 g/mol. The molecule has 4 rings (SSSR count). The van der Waals surface area contributed by atoms with Gasteiger partial charge in [0.2, 0.25) is 0 Å². The van der Waals surface area contributed by atoms with Crippen molar-refractivity contribution in [2.45, 2.75) is 20.4 Å². The highest BCUT2D eigenvalue weighted by atomic mass is 16.6. The smallest absolute Gasteiger partial charge is 0.363 e. The van der Waals surface area contributed by atoms with Crippen LogP contribution in [0.2, 0.25) is 0 Å². The fourth-order valence-corrected chi connectivity index (χ4v) is 2.88. The van der Waals surface area contributed by atoms with E-state index < -0.39 is 5.97 Å². The van der Waals surface area contributed by atoms with E-state index in [1.807, 2.05) is 36.7 Å². The lowest BCUT2D eigenvalue weighted by molar-refractivity contribution is -0.130. The Labute approximate surface area is 150 Å². The molecule has 0 saturated carbocycles. The van der Waals surface area contributed by atoms with Crippen molar-refractivity contribution >= 4 is 17.9 Å². The fraction of sp³-hybridized carbons (Fsp3) is 0.150. The first-order valence-corrected chi connectivity index (χ1v) is 8.26. The number of esters is 1. The molecular formula is C20H17N3O3. The average Bonchev–Trinajstić information content (AvgIpc) is 3.34. The molecule has 130 valence electrons. The van der Waals surface area contributed by atoms with Crippen molar-refractivity contribution in [2.75, 3.05) is 0 Å². The van der Waals surface area contributed by atoms with Crippen LogP contribution in [0.1, 0.15) is 28.3 Å². The third-order valence-corrected chi connectivity index (χ3v) is 4.25. The maximum atomic E-state index is 12.1. The Hall–Kier alpha value is -3.41. The van der Waals surface area contributed by atoms with Crippen molar-refractivity contribution in [1.82, 2.24) is 9.78 Å². The number of aromatic nitrogens is 2. The number of aliphatic imine (C=N–C) groups is 1. The van der Waals surface area contributed by atoms with Crippen LogP contribution in [0.3, 0.4) is 0 Å². The Morgan fingerprint density at radius 1 is 1.12 bits per heavy atom. The zero-order valence-electron chi connectivity index (χ0n) is 14.5. The average molecular weight is 347 g/mol. The molecule has 0 radical (unpaired) electrons. The highest BCUT2D eigenvalue weighted by Gasteiger charge is 2.26. The summed E-state index contributed by atoms with van der Waals surface area (Å²) in [4.78, 5) is 16.4. The number of hydrogen-bond acceptors (Lipinski definition) is 5. The van der Waals surface area contributed by atoms with Gasteiger partial charge in [-0.2, -0.15) is 5.10 Å². The largest absolute Gasteiger partial charge is 0.459 e. The minimum Gasteiger partial charge on any atom is -0.459 e. The van der Waals surface area contributed by atoms with Gasteiger partial charge in [0.05, 0.1) is 18.5 Å². The molecule has 0 amide bonds. The van der Waals surface area contributed by atoms with Crippen molar-refractivity contribution in [3.8, 4) is 0 Å². The summed E-state index contributed by atoms with van der Waals surface area (Å²) < 4.78 is 12.4. The second-order valence-electron chi connectivity index (χ2n) is 6.04. The molecule has 3 aromatic rings. The third kappa shape index (κ3) is 2.97. The molecule has 0 spiro atoms. The normalized spacial score (nSPS) is 15.4. The standard InChI is InChI=1S/C20H17N3O3/c1-13-16(14(2)23(22-13)12-15-7-4-3-5-8-15)11-17-20(24)26-19(21-17)18-9-6-10-25-18/h3-11H,12H2,1-2H3/b17-11-. The lowest BCUT2D eigenvalue weighted by atomic mass is 10.1. The van der Waals surface area contributed by atoms with Crippen LogP contribution in [0.15, 0.2) is 63.8 Å². The molecule has 6 nitrogen and oxygen atoms in total. The van der Waals surface area contributed by atoms with Crippen LogP contribution in [-0.2, 0) is 16.1 Å². The first-order chi connectivity index (χ1) is 12.6. The van der Waals surface area contributed by atoms with E-state index in [1.165, 1.54) is 6.26 Å². The summed E-state index contributed by atoms with van der Waals surface area (Å²) >= 11 is 0. The molecule has 0 fully saturated rings. The SMILES string of the molecule is Cc1nn(Cc2ccccc2)c(C)c1/C=C1\N=C(c2ccco2)OC1=O. The number of cyclic esters (lactones) is 1. The van der Waals surface area contributed by atoms with Gasteiger partial charge in [-0.05, 0) is 37.6 Å². The van der Waals surface area contributed by atoms with Gasteiger partial charge in [0.25, 0.3) is 5.90 Å². The van der Waals surface area contributed by atoms with Crippen LogP contribution < -0.4 is 0 Å². The molecule has 0 atom stereocenters. The fourth-order valence-electron chi connectivity index (χ4n) is 2.88. The van der Waals surface area contributed by atoms with Gasteiger partial charge in [-0.15, -0.1) is 0 Å². The molecule has 0 bridgehead atoms. The number of carbonyl (C=O) groups is 1. The summed E-state index contributed by atoms with van der Waals surface area (Å²) in [6.07, 6.45) is 3.23. The second kappa shape index (κ2) is 6.48. The molecule has 26 heavy (non-hydrogen) atoms. The molecule has 1 aromatic carbocycles. The van der Waals surface area contributed by atoms with Crippen LogP contribution in [0.25, 0.3) is 6.08 Å². The highest BCUT2D eigenvalue weighted by molar-refractivity contribution is 6.11. The first-order valence-electron chi connectivity index (χ1n) is 8.26. The van der Waals surface area contributed by atoms with Gasteiger partial charge in [0.1, 0.15) is 0 Å². The van der Waals surface area contributed by atoms with Crippen molar-refractivity contribution < 1.29 is 13.9 Å². The van der Waals surface area contributed by atoms with Crippen LogP contribution >= 0.6 is 0 Å². The second-order valence-corrected chi connectivity index (χ2v) is 6.04. The maximum absolute atomic E-state index is 12.1. The van der Waals surface area contributed by atoms with Gasteiger partial charge in [0.15, 0.2) is 11.5 Å². The summed E-state index contributed by atoms with van der Waals surface area (Å²) in [6, 6.07) is 13.5. The Kier molecular flexibility index (Phi) is 4.01. The minimum absolute atomic E-state index is 0.179. The zero-order chi connectivity index (χ0) is 18.1. The van der Waals surface area contributed by atoms with E-state index in [-0.39, 0.29) is 11.6 Å². The molecule has 6 heteroatoms. The van der Waals surface area contributed by atoms with E-state index in [0.29, 0.717) is 12.3 Å².